The number of hydrogen-bond acceptors (Lipinski definition) is 1. The number of para-hydroxylation sites is 3. The van der Waals surface area contributed by atoms with Crippen LogP contribution < -0.4 is 4.90 Å². The van der Waals surface area contributed by atoms with Crippen LogP contribution in [0.25, 0.3) is 82.4 Å². The molecule has 0 fully saturated rings. The van der Waals surface area contributed by atoms with Crippen molar-refractivity contribution >= 4 is 60.4 Å². The van der Waals surface area contributed by atoms with E-state index >= 15 is 0 Å². The number of anilines is 3. The van der Waals surface area contributed by atoms with Gasteiger partial charge in [0, 0.05) is 33.4 Å². The second-order valence-corrected chi connectivity index (χ2v) is 14.9. The summed E-state index contributed by atoms with van der Waals surface area (Å²) in [5.41, 5.74) is 14.1. The van der Waals surface area contributed by atoms with Crippen molar-refractivity contribution in [2.24, 2.45) is 0 Å². The third-order valence-electron chi connectivity index (χ3n) is 11.6. The van der Waals surface area contributed by atoms with Crippen molar-refractivity contribution in [1.29, 1.82) is 0 Å². The minimum atomic E-state index is 1.09. The van der Waals surface area contributed by atoms with Crippen LogP contribution in [0.3, 0.4) is 0 Å². The number of benzene rings is 10. The zero-order valence-electron chi connectivity index (χ0n) is 31.8. The molecule has 0 spiro atoms. The largest absolute Gasteiger partial charge is 0.310 e. The Morgan fingerprint density at radius 2 is 0.828 bits per heavy atom. The maximum absolute atomic E-state index is 2.42. The molecule has 0 aliphatic rings. The Morgan fingerprint density at radius 1 is 0.310 bits per heavy atom. The lowest BCUT2D eigenvalue weighted by molar-refractivity contribution is 1.18. The van der Waals surface area contributed by atoms with Gasteiger partial charge in [0.25, 0.3) is 0 Å². The highest BCUT2D eigenvalue weighted by Crippen LogP contribution is 2.48. The second kappa shape index (κ2) is 14.1. The summed E-state index contributed by atoms with van der Waals surface area (Å²) in [6.45, 7) is 0. The van der Waals surface area contributed by atoms with Gasteiger partial charge in [-0.05, 0) is 110 Å². The molecule has 0 saturated carbocycles. The molecule has 10 aromatic carbocycles. The Balaban J connectivity index is 1.10. The number of rotatable bonds is 7. The molecule has 0 atom stereocenters. The Morgan fingerprint density at radius 3 is 1.57 bits per heavy atom. The quantitative estimate of drug-likeness (QED) is 0.158. The van der Waals surface area contributed by atoms with Gasteiger partial charge in [-0.1, -0.05) is 170 Å². The predicted octanol–water partition coefficient (Wildman–Crippen LogP) is 15.6. The fraction of sp³-hybridized carbons (Fsp3) is 0. The second-order valence-electron chi connectivity index (χ2n) is 14.9. The van der Waals surface area contributed by atoms with Crippen LogP contribution in [0, 0.1) is 0 Å². The van der Waals surface area contributed by atoms with E-state index in [-0.39, 0.29) is 0 Å². The molecule has 0 aliphatic carbocycles. The highest BCUT2D eigenvalue weighted by Gasteiger charge is 2.23. The Hall–Kier alpha value is -7.68. The van der Waals surface area contributed by atoms with Crippen molar-refractivity contribution in [1.82, 2.24) is 4.57 Å². The van der Waals surface area contributed by atoms with Crippen LogP contribution >= 0.6 is 0 Å². The molecule has 2 heteroatoms. The van der Waals surface area contributed by atoms with Gasteiger partial charge in [0.05, 0.1) is 16.7 Å². The van der Waals surface area contributed by atoms with E-state index in [4.69, 9.17) is 0 Å². The molecule has 272 valence electrons. The molecule has 2 nitrogen and oxygen atoms in total. The molecule has 1 aromatic heterocycles. The lowest BCUT2D eigenvalue weighted by Gasteiger charge is -2.30. The number of aromatic nitrogens is 1. The molecular formula is C56H38N2. The molecule has 0 unspecified atom stereocenters. The summed E-state index contributed by atoms with van der Waals surface area (Å²) in [7, 11) is 0. The maximum atomic E-state index is 2.42. The molecule has 0 bridgehead atoms. The lowest BCUT2D eigenvalue weighted by Crippen LogP contribution is -2.11. The smallest absolute Gasteiger partial charge is 0.0546 e. The summed E-state index contributed by atoms with van der Waals surface area (Å²) in [4.78, 5) is 2.42. The summed E-state index contributed by atoms with van der Waals surface area (Å²) in [6, 6.07) is 83.7. The lowest BCUT2D eigenvalue weighted by atomic mass is 9.87. The molecule has 1 heterocycles. The average molecular weight is 739 g/mol. The van der Waals surface area contributed by atoms with Crippen molar-refractivity contribution in [3.63, 3.8) is 0 Å². The van der Waals surface area contributed by atoms with Crippen LogP contribution in [0.1, 0.15) is 0 Å². The summed E-state index contributed by atoms with van der Waals surface area (Å²) < 4.78 is 2.37. The van der Waals surface area contributed by atoms with Gasteiger partial charge < -0.3 is 9.47 Å². The number of hydrogen-bond donors (Lipinski definition) is 0. The van der Waals surface area contributed by atoms with Gasteiger partial charge in [-0.25, -0.2) is 0 Å². The molecule has 0 amide bonds. The fourth-order valence-electron chi connectivity index (χ4n) is 8.95. The van der Waals surface area contributed by atoms with Crippen LogP contribution in [-0.4, -0.2) is 4.57 Å². The summed E-state index contributed by atoms with van der Waals surface area (Å²) >= 11 is 0. The normalized spacial score (nSPS) is 11.4. The van der Waals surface area contributed by atoms with E-state index in [9.17, 15) is 0 Å². The standard InChI is InChI=1S/C56H38N2/c1-3-20-43(21-4-1)57(45-35-32-39(33-36-45)42-34-37-54-52(38-42)49-26-11-12-30-53(49)58(54)44-22-5-2-6-23-44)55-31-15-29-51(48-27-13-18-40-16-7-9-24-46(40)48)56(55)50-28-14-19-41-17-8-10-25-47(41)50/h1-38H. The summed E-state index contributed by atoms with van der Waals surface area (Å²) in [5.74, 6) is 0. The van der Waals surface area contributed by atoms with Gasteiger partial charge >= 0.3 is 0 Å². The van der Waals surface area contributed by atoms with Crippen molar-refractivity contribution in [3.05, 3.63) is 231 Å². The topological polar surface area (TPSA) is 8.17 Å². The maximum Gasteiger partial charge on any atom is 0.0546 e. The molecular weight excluding hydrogens is 701 g/mol. The SMILES string of the molecule is c1ccc(N(c2ccc(-c3ccc4c(c3)c3ccccc3n4-c3ccccc3)cc2)c2cccc(-c3cccc4ccccc34)c2-c2cccc3ccccc23)cc1. The Bertz CT molecular complexity index is 3260. The average Bonchev–Trinajstić information content (AvgIpc) is 3.63. The first-order valence-corrected chi connectivity index (χ1v) is 19.9. The van der Waals surface area contributed by atoms with Gasteiger partial charge in [0.1, 0.15) is 0 Å². The summed E-state index contributed by atoms with van der Waals surface area (Å²) in [6.07, 6.45) is 0. The first-order valence-electron chi connectivity index (χ1n) is 19.9. The zero-order valence-corrected chi connectivity index (χ0v) is 31.8. The minimum Gasteiger partial charge on any atom is -0.310 e. The Labute approximate surface area is 338 Å². The third-order valence-corrected chi connectivity index (χ3v) is 11.6. The van der Waals surface area contributed by atoms with Crippen molar-refractivity contribution in [3.8, 4) is 39.1 Å². The van der Waals surface area contributed by atoms with E-state index in [0.717, 1.165) is 17.1 Å². The van der Waals surface area contributed by atoms with Crippen molar-refractivity contribution in [2.45, 2.75) is 0 Å². The van der Waals surface area contributed by atoms with Gasteiger partial charge in [-0.3, -0.25) is 0 Å². The Kier molecular flexibility index (Phi) is 8.19. The van der Waals surface area contributed by atoms with Crippen LogP contribution in [0.5, 0.6) is 0 Å². The molecule has 0 radical (unpaired) electrons. The van der Waals surface area contributed by atoms with Gasteiger partial charge in [0.15, 0.2) is 0 Å². The van der Waals surface area contributed by atoms with Crippen molar-refractivity contribution in [2.75, 3.05) is 4.90 Å². The molecule has 11 rings (SSSR count). The molecule has 58 heavy (non-hydrogen) atoms. The fourth-order valence-corrected chi connectivity index (χ4v) is 8.95. The summed E-state index contributed by atoms with van der Waals surface area (Å²) in [5, 5.41) is 7.42. The van der Waals surface area contributed by atoms with Gasteiger partial charge in [-0.2, -0.15) is 0 Å². The van der Waals surface area contributed by atoms with Crippen LogP contribution in [0.15, 0.2) is 231 Å². The predicted molar refractivity (Wildman–Crippen MR) is 247 cm³/mol. The molecule has 0 aliphatic heterocycles. The molecule has 0 saturated heterocycles. The number of nitrogens with zero attached hydrogens (tertiary/aromatic N) is 2. The van der Waals surface area contributed by atoms with Crippen molar-refractivity contribution < 1.29 is 0 Å². The van der Waals surface area contributed by atoms with Gasteiger partial charge in [-0.15, -0.1) is 0 Å². The van der Waals surface area contributed by atoms with E-state index in [2.05, 4.69) is 240 Å². The molecule has 11 aromatic rings. The monoisotopic (exact) mass is 738 g/mol. The highest BCUT2D eigenvalue weighted by molar-refractivity contribution is 6.11. The van der Waals surface area contributed by atoms with E-state index in [1.54, 1.807) is 0 Å². The first kappa shape index (κ1) is 33.6. The van der Waals surface area contributed by atoms with E-state index in [1.165, 1.54) is 82.4 Å². The first-order chi connectivity index (χ1) is 28.8. The van der Waals surface area contributed by atoms with Crippen LogP contribution in [0.4, 0.5) is 17.1 Å². The minimum absolute atomic E-state index is 1.09. The van der Waals surface area contributed by atoms with E-state index in [0.29, 0.717) is 0 Å². The van der Waals surface area contributed by atoms with Crippen LogP contribution in [-0.2, 0) is 0 Å². The zero-order chi connectivity index (χ0) is 38.4. The van der Waals surface area contributed by atoms with E-state index in [1.807, 2.05) is 0 Å². The molecule has 0 N–H and O–H groups in total. The van der Waals surface area contributed by atoms with Gasteiger partial charge in [0.2, 0.25) is 0 Å². The highest BCUT2D eigenvalue weighted by atomic mass is 15.1. The third kappa shape index (κ3) is 5.66. The number of fused-ring (bicyclic) bond motifs is 5. The van der Waals surface area contributed by atoms with Crippen LogP contribution in [0.2, 0.25) is 0 Å². The van der Waals surface area contributed by atoms with E-state index < -0.39 is 0 Å².